The summed E-state index contributed by atoms with van der Waals surface area (Å²) in [7, 11) is 0. The predicted octanol–water partition coefficient (Wildman–Crippen LogP) is 6.37. The van der Waals surface area contributed by atoms with Crippen LogP contribution in [0.3, 0.4) is 0 Å². The number of carbonyl (C=O) groups excluding carboxylic acids is 1. The molecule has 0 saturated heterocycles. The molecule has 0 atom stereocenters. The van der Waals surface area contributed by atoms with Crippen LogP contribution in [0.5, 0.6) is 5.75 Å². The smallest absolute Gasteiger partial charge is 0.459 e. The van der Waals surface area contributed by atoms with Crippen LogP contribution >= 0.6 is 23.1 Å². The Morgan fingerprint density at radius 3 is 2.31 bits per heavy atom. The van der Waals surface area contributed by atoms with Gasteiger partial charge in [-0.3, -0.25) is 4.79 Å². The van der Waals surface area contributed by atoms with Crippen molar-refractivity contribution in [3.8, 4) is 17.0 Å². The second-order valence-corrected chi connectivity index (χ2v) is 12.0. The number of hydrogen-bond donors (Lipinski definition) is 1. The lowest BCUT2D eigenvalue weighted by Gasteiger charge is -2.27. The van der Waals surface area contributed by atoms with E-state index in [1.807, 2.05) is 40.0 Å². The van der Waals surface area contributed by atoms with Crippen LogP contribution in [0.4, 0.5) is 19.0 Å². The Hall–Kier alpha value is -2.86. The van der Waals surface area contributed by atoms with Crippen molar-refractivity contribution in [2.45, 2.75) is 62.1 Å². The van der Waals surface area contributed by atoms with Gasteiger partial charge in [-0.2, -0.15) is 0 Å². The van der Waals surface area contributed by atoms with Crippen molar-refractivity contribution in [1.82, 2.24) is 15.2 Å². The van der Waals surface area contributed by atoms with Crippen molar-refractivity contribution >= 4 is 34.9 Å². The van der Waals surface area contributed by atoms with E-state index in [0.717, 1.165) is 10.0 Å². The molecule has 3 rings (SSSR count). The lowest BCUT2D eigenvalue weighted by molar-refractivity contribution is -0.274. The van der Waals surface area contributed by atoms with Gasteiger partial charge in [-0.05, 0) is 71.0 Å². The average molecular weight is 541 g/mol. The molecule has 36 heavy (non-hydrogen) atoms. The summed E-state index contributed by atoms with van der Waals surface area (Å²) < 4.78 is 46.3. The average Bonchev–Trinajstić information content (AvgIpc) is 3.19. The number of rotatable bonds is 9. The summed E-state index contributed by atoms with van der Waals surface area (Å²) in [5, 5.41) is 13.4. The number of carbonyl (C=O) groups is 1. The molecule has 7 nitrogen and oxygen atoms in total. The predicted molar refractivity (Wildman–Crippen MR) is 134 cm³/mol. The highest BCUT2D eigenvalue weighted by Crippen LogP contribution is 2.36. The van der Waals surface area contributed by atoms with E-state index in [1.165, 1.54) is 47.4 Å². The molecule has 0 amide bonds. The Bertz CT molecular complexity index is 1160. The summed E-state index contributed by atoms with van der Waals surface area (Å²) in [6.45, 7) is 9.73. The van der Waals surface area contributed by atoms with Gasteiger partial charge in [0.05, 0.1) is 11.4 Å². The Kier molecular flexibility index (Phi) is 8.50. The van der Waals surface area contributed by atoms with Crippen LogP contribution in [0.2, 0.25) is 0 Å². The van der Waals surface area contributed by atoms with Gasteiger partial charge in [0.1, 0.15) is 21.9 Å². The Morgan fingerprint density at radius 1 is 1.03 bits per heavy atom. The minimum atomic E-state index is -4.73. The van der Waals surface area contributed by atoms with Crippen LogP contribution in [-0.4, -0.2) is 44.4 Å². The molecule has 2 aromatic heterocycles. The summed E-state index contributed by atoms with van der Waals surface area (Å²) in [6.07, 6.45) is -4.09. The number of benzene rings is 1. The van der Waals surface area contributed by atoms with Gasteiger partial charge in [-0.25, -0.2) is 4.98 Å². The van der Waals surface area contributed by atoms with Crippen molar-refractivity contribution in [2.75, 3.05) is 11.9 Å². The summed E-state index contributed by atoms with van der Waals surface area (Å²) >= 11 is 2.85. The molecular formula is C24H27F3N4O3S2. The van der Waals surface area contributed by atoms with E-state index in [4.69, 9.17) is 4.74 Å². The van der Waals surface area contributed by atoms with E-state index >= 15 is 0 Å². The first-order chi connectivity index (χ1) is 16.7. The molecule has 12 heteroatoms. The third-order valence-electron chi connectivity index (χ3n) is 4.50. The van der Waals surface area contributed by atoms with Gasteiger partial charge in [0.25, 0.3) is 0 Å². The highest BCUT2D eigenvalue weighted by atomic mass is 32.2. The molecule has 1 aromatic carbocycles. The van der Waals surface area contributed by atoms with Crippen molar-refractivity contribution in [3.63, 3.8) is 0 Å². The maximum absolute atomic E-state index is 12.5. The first kappa shape index (κ1) is 27.7. The number of esters is 1. The first-order valence-electron chi connectivity index (χ1n) is 11.0. The van der Waals surface area contributed by atoms with E-state index < -0.39 is 16.7 Å². The normalized spacial score (nSPS) is 12.3. The van der Waals surface area contributed by atoms with Gasteiger partial charge in [-0.1, -0.05) is 11.8 Å². The molecular weight excluding hydrogens is 513 g/mol. The zero-order valence-corrected chi connectivity index (χ0v) is 22.1. The second kappa shape index (κ2) is 11.0. The third-order valence-corrected chi connectivity index (χ3v) is 6.66. The number of ether oxygens (including phenoxy) is 2. The molecule has 3 aromatic rings. The van der Waals surface area contributed by atoms with Gasteiger partial charge < -0.3 is 14.8 Å². The fourth-order valence-electron chi connectivity index (χ4n) is 2.84. The Morgan fingerprint density at radius 2 is 1.72 bits per heavy atom. The van der Waals surface area contributed by atoms with Gasteiger partial charge in [0.15, 0.2) is 4.34 Å². The summed E-state index contributed by atoms with van der Waals surface area (Å²) in [4.78, 5) is 17.1. The first-order valence-corrected chi connectivity index (χ1v) is 12.7. The number of hydrogen-bond acceptors (Lipinski definition) is 9. The van der Waals surface area contributed by atoms with Gasteiger partial charge in [-0.15, -0.1) is 34.7 Å². The molecule has 0 aliphatic rings. The number of nitrogens with zero attached hydrogens (tertiary/aromatic N) is 3. The zero-order chi connectivity index (χ0) is 26.6. The molecule has 0 bridgehead atoms. The van der Waals surface area contributed by atoms with Crippen molar-refractivity contribution in [2.24, 2.45) is 0 Å². The number of halogens is 3. The molecule has 0 aliphatic heterocycles. The van der Waals surface area contributed by atoms with Crippen molar-refractivity contribution < 1.29 is 27.4 Å². The fraction of sp³-hybridized carbons (Fsp3) is 0.417. The van der Waals surface area contributed by atoms with E-state index in [1.54, 1.807) is 12.1 Å². The number of aromatic nitrogens is 3. The highest BCUT2D eigenvalue weighted by molar-refractivity contribution is 8.03. The van der Waals surface area contributed by atoms with Crippen LogP contribution < -0.4 is 10.1 Å². The van der Waals surface area contributed by atoms with Crippen LogP contribution in [0, 0.1) is 0 Å². The van der Waals surface area contributed by atoms with Gasteiger partial charge in [0.2, 0.25) is 0 Å². The molecule has 0 saturated carbocycles. The number of anilines is 1. The third kappa shape index (κ3) is 8.66. The maximum atomic E-state index is 12.5. The lowest BCUT2D eigenvalue weighted by atomic mass is 10.1. The van der Waals surface area contributed by atoms with Crippen LogP contribution in [0.15, 0.2) is 46.1 Å². The molecule has 1 N–H and O–H groups in total. The van der Waals surface area contributed by atoms with E-state index in [0.29, 0.717) is 30.0 Å². The van der Waals surface area contributed by atoms with Crippen molar-refractivity contribution in [1.29, 1.82) is 0 Å². The molecule has 0 unspecified atom stereocenters. The highest BCUT2D eigenvalue weighted by Gasteiger charge is 2.34. The number of thiazole rings is 1. The topological polar surface area (TPSA) is 86.2 Å². The summed E-state index contributed by atoms with van der Waals surface area (Å²) in [5.74, 6) is -0.0211. The molecule has 2 heterocycles. The van der Waals surface area contributed by atoms with Crippen LogP contribution in [0.25, 0.3) is 11.3 Å². The maximum Gasteiger partial charge on any atom is 0.573 e. The summed E-state index contributed by atoms with van der Waals surface area (Å²) in [5.41, 5.74) is 1.48. The fourth-order valence-corrected chi connectivity index (χ4v) is 5.10. The monoisotopic (exact) mass is 540 g/mol. The van der Waals surface area contributed by atoms with Gasteiger partial charge in [0, 0.05) is 23.9 Å². The van der Waals surface area contributed by atoms with E-state index in [-0.39, 0.29) is 11.7 Å². The standard InChI is InChI=1S/C24H27F3N4O3S2/c1-22(2,3)34-20(32)23(4,5)36-21-29-16(14-35-21)12-13-28-19-11-10-18(30-31-19)15-6-8-17(9-7-15)33-24(25,26)27/h6-11,14H,12-13H2,1-5H3,(H,28,31). The number of alkyl halides is 3. The number of nitrogens with one attached hydrogen (secondary N) is 1. The van der Waals surface area contributed by atoms with E-state index in [9.17, 15) is 18.0 Å². The zero-order valence-electron chi connectivity index (χ0n) is 20.5. The minimum Gasteiger partial charge on any atom is -0.459 e. The van der Waals surface area contributed by atoms with Crippen LogP contribution in [0.1, 0.15) is 40.3 Å². The largest absolute Gasteiger partial charge is 0.573 e. The summed E-state index contributed by atoms with van der Waals surface area (Å²) in [6, 6.07) is 8.90. The van der Waals surface area contributed by atoms with Gasteiger partial charge >= 0.3 is 12.3 Å². The Balaban J connectivity index is 1.49. The minimum absolute atomic E-state index is 0.286. The van der Waals surface area contributed by atoms with Crippen LogP contribution in [-0.2, 0) is 16.0 Å². The quantitative estimate of drug-likeness (QED) is 0.248. The Labute approximate surface area is 215 Å². The SMILES string of the molecule is CC(C)(C)OC(=O)C(C)(C)Sc1nc(CCNc2ccc(-c3ccc(OC(F)(F)F)cc3)nn2)cs1. The van der Waals surface area contributed by atoms with Crippen molar-refractivity contribution in [3.05, 3.63) is 47.5 Å². The molecule has 194 valence electrons. The molecule has 0 spiro atoms. The molecule has 0 fully saturated rings. The molecule has 0 aliphatic carbocycles. The van der Waals surface area contributed by atoms with E-state index in [2.05, 4.69) is 25.2 Å². The lowest BCUT2D eigenvalue weighted by Crippen LogP contribution is -2.36. The number of thioether (sulfide) groups is 1. The second-order valence-electron chi connectivity index (χ2n) is 9.27. The molecule has 0 radical (unpaired) electrons.